The van der Waals surface area contributed by atoms with Crippen molar-refractivity contribution in [2.45, 2.75) is 0 Å². The lowest BCUT2D eigenvalue weighted by Crippen LogP contribution is -2.51. The summed E-state index contributed by atoms with van der Waals surface area (Å²) in [7, 11) is 1.58. The molecule has 1 aromatic carbocycles. The predicted molar refractivity (Wildman–Crippen MR) is 66.6 cm³/mol. The van der Waals surface area contributed by atoms with Gasteiger partial charge >= 0.3 is 6.03 Å². The Hall–Kier alpha value is -2.24. The van der Waals surface area contributed by atoms with E-state index in [1.807, 2.05) is 0 Å². The summed E-state index contributed by atoms with van der Waals surface area (Å²) in [5.74, 6) is 0.594. The first-order valence-corrected chi connectivity index (χ1v) is 5.66. The largest absolute Gasteiger partial charge is 0.497 e. The van der Waals surface area contributed by atoms with E-state index < -0.39 is 0 Å². The SMILES string of the molecule is COc1ccc(NC(=O)N2CCNC(=O)C2)cc1. The second-order valence-electron chi connectivity index (χ2n) is 3.93. The molecule has 0 saturated carbocycles. The predicted octanol–water partition coefficient (Wildman–Crippen LogP) is 0.659. The Bertz CT molecular complexity index is 444. The highest BCUT2D eigenvalue weighted by molar-refractivity contribution is 5.93. The lowest BCUT2D eigenvalue weighted by molar-refractivity contribution is -0.123. The fraction of sp³-hybridized carbons (Fsp3) is 0.333. The molecule has 6 nitrogen and oxygen atoms in total. The standard InChI is InChI=1S/C12H15N3O3/c1-18-10-4-2-9(3-5-10)14-12(17)15-7-6-13-11(16)8-15/h2-5H,6-8H2,1H3,(H,13,16)(H,14,17). The van der Waals surface area contributed by atoms with Crippen molar-refractivity contribution in [3.05, 3.63) is 24.3 Å². The maximum absolute atomic E-state index is 11.9. The number of anilines is 1. The number of hydrogen-bond acceptors (Lipinski definition) is 3. The molecular weight excluding hydrogens is 234 g/mol. The third-order valence-corrected chi connectivity index (χ3v) is 2.67. The first-order valence-electron chi connectivity index (χ1n) is 5.66. The van der Waals surface area contributed by atoms with Gasteiger partial charge in [0.15, 0.2) is 0 Å². The minimum Gasteiger partial charge on any atom is -0.497 e. The van der Waals surface area contributed by atoms with E-state index in [9.17, 15) is 9.59 Å². The monoisotopic (exact) mass is 249 g/mol. The zero-order valence-corrected chi connectivity index (χ0v) is 10.1. The summed E-state index contributed by atoms with van der Waals surface area (Å²) in [5.41, 5.74) is 0.673. The fourth-order valence-corrected chi connectivity index (χ4v) is 1.69. The molecule has 0 radical (unpaired) electrons. The molecule has 6 heteroatoms. The molecule has 18 heavy (non-hydrogen) atoms. The molecule has 96 valence electrons. The molecule has 1 heterocycles. The number of methoxy groups -OCH3 is 1. The molecule has 0 unspecified atom stereocenters. The van der Waals surface area contributed by atoms with Crippen molar-refractivity contribution in [3.63, 3.8) is 0 Å². The van der Waals surface area contributed by atoms with Crippen LogP contribution >= 0.6 is 0 Å². The molecule has 1 aromatic rings. The normalized spacial score (nSPS) is 14.9. The quantitative estimate of drug-likeness (QED) is 0.808. The number of carbonyl (C=O) groups excluding carboxylic acids is 2. The highest BCUT2D eigenvalue weighted by Crippen LogP contribution is 2.15. The first-order chi connectivity index (χ1) is 8.69. The Balaban J connectivity index is 1.95. The molecule has 2 rings (SSSR count). The summed E-state index contributed by atoms with van der Waals surface area (Å²) in [5, 5.41) is 5.40. The summed E-state index contributed by atoms with van der Waals surface area (Å²) in [6.45, 7) is 1.12. The molecular formula is C12H15N3O3. The van der Waals surface area contributed by atoms with Crippen LogP contribution in [0.2, 0.25) is 0 Å². The van der Waals surface area contributed by atoms with E-state index in [0.717, 1.165) is 5.75 Å². The molecule has 3 amide bonds. The number of rotatable bonds is 2. The van der Waals surface area contributed by atoms with Crippen LogP contribution in [0, 0.1) is 0 Å². The van der Waals surface area contributed by atoms with E-state index in [-0.39, 0.29) is 18.5 Å². The topological polar surface area (TPSA) is 70.7 Å². The lowest BCUT2D eigenvalue weighted by Gasteiger charge is -2.26. The first kappa shape index (κ1) is 12.2. The van der Waals surface area contributed by atoms with Gasteiger partial charge in [-0.2, -0.15) is 0 Å². The van der Waals surface area contributed by atoms with E-state index >= 15 is 0 Å². The van der Waals surface area contributed by atoms with Crippen LogP contribution in [0.1, 0.15) is 0 Å². The van der Waals surface area contributed by atoms with Gasteiger partial charge in [-0.3, -0.25) is 4.79 Å². The Kier molecular flexibility index (Phi) is 3.66. The van der Waals surface area contributed by atoms with Crippen LogP contribution in [0.25, 0.3) is 0 Å². The Morgan fingerprint density at radius 3 is 2.72 bits per heavy atom. The summed E-state index contributed by atoms with van der Waals surface area (Å²) < 4.78 is 5.03. The number of ether oxygens (including phenoxy) is 1. The van der Waals surface area contributed by atoms with Gasteiger partial charge in [0.1, 0.15) is 12.3 Å². The second-order valence-corrected chi connectivity index (χ2v) is 3.93. The minimum atomic E-state index is -0.269. The van der Waals surface area contributed by atoms with Crippen molar-refractivity contribution in [3.8, 4) is 5.75 Å². The van der Waals surface area contributed by atoms with E-state index in [2.05, 4.69) is 10.6 Å². The zero-order valence-electron chi connectivity index (χ0n) is 10.1. The highest BCUT2D eigenvalue weighted by atomic mass is 16.5. The number of nitrogens with zero attached hydrogens (tertiary/aromatic N) is 1. The number of carbonyl (C=O) groups is 2. The molecule has 1 saturated heterocycles. The molecule has 1 fully saturated rings. The fourth-order valence-electron chi connectivity index (χ4n) is 1.69. The van der Waals surface area contributed by atoms with Gasteiger partial charge in [0.05, 0.1) is 7.11 Å². The van der Waals surface area contributed by atoms with E-state index in [1.165, 1.54) is 4.90 Å². The molecule has 0 bridgehead atoms. The molecule has 0 atom stereocenters. The van der Waals surface area contributed by atoms with Gasteiger partial charge < -0.3 is 20.3 Å². The Labute approximate surface area is 105 Å². The summed E-state index contributed by atoms with van der Waals surface area (Å²) in [6.07, 6.45) is 0. The number of urea groups is 1. The molecule has 0 aliphatic carbocycles. The second kappa shape index (κ2) is 5.39. The van der Waals surface area contributed by atoms with Gasteiger partial charge in [0, 0.05) is 18.8 Å². The van der Waals surface area contributed by atoms with Gasteiger partial charge in [-0.05, 0) is 24.3 Å². The van der Waals surface area contributed by atoms with Crippen molar-refractivity contribution in [2.75, 3.05) is 32.1 Å². The highest BCUT2D eigenvalue weighted by Gasteiger charge is 2.20. The number of nitrogens with one attached hydrogen (secondary N) is 2. The van der Waals surface area contributed by atoms with Crippen molar-refractivity contribution in [1.29, 1.82) is 0 Å². The van der Waals surface area contributed by atoms with E-state index in [0.29, 0.717) is 18.8 Å². The van der Waals surface area contributed by atoms with Crippen LogP contribution in [-0.4, -0.2) is 43.6 Å². The van der Waals surface area contributed by atoms with Crippen LogP contribution in [0.3, 0.4) is 0 Å². The minimum absolute atomic E-state index is 0.0992. The Morgan fingerprint density at radius 1 is 1.39 bits per heavy atom. The zero-order chi connectivity index (χ0) is 13.0. The van der Waals surface area contributed by atoms with Gasteiger partial charge in [-0.1, -0.05) is 0 Å². The summed E-state index contributed by atoms with van der Waals surface area (Å²) in [4.78, 5) is 24.5. The molecule has 0 spiro atoms. The maximum atomic E-state index is 11.9. The van der Waals surface area contributed by atoms with Crippen molar-refractivity contribution in [2.24, 2.45) is 0 Å². The van der Waals surface area contributed by atoms with Crippen molar-refractivity contribution in [1.82, 2.24) is 10.2 Å². The molecule has 1 aliphatic rings. The number of piperazine rings is 1. The third-order valence-electron chi connectivity index (χ3n) is 2.67. The summed E-state index contributed by atoms with van der Waals surface area (Å²) in [6, 6.07) is 6.76. The Morgan fingerprint density at radius 2 is 2.11 bits per heavy atom. The van der Waals surface area contributed by atoms with Gasteiger partial charge in [-0.15, -0.1) is 0 Å². The number of benzene rings is 1. The van der Waals surface area contributed by atoms with E-state index in [4.69, 9.17) is 4.74 Å². The van der Waals surface area contributed by atoms with Crippen LogP contribution < -0.4 is 15.4 Å². The van der Waals surface area contributed by atoms with E-state index in [1.54, 1.807) is 31.4 Å². The van der Waals surface area contributed by atoms with Crippen molar-refractivity contribution >= 4 is 17.6 Å². The molecule has 2 N–H and O–H groups in total. The smallest absolute Gasteiger partial charge is 0.322 e. The number of hydrogen-bond donors (Lipinski definition) is 2. The van der Waals surface area contributed by atoms with Crippen LogP contribution in [0.15, 0.2) is 24.3 Å². The van der Waals surface area contributed by atoms with Crippen LogP contribution in [-0.2, 0) is 4.79 Å². The lowest BCUT2D eigenvalue weighted by atomic mass is 10.3. The number of amides is 3. The average molecular weight is 249 g/mol. The van der Waals surface area contributed by atoms with Gasteiger partial charge in [-0.25, -0.2) is 4.79 Å². The van der Waals surface area contributed by atoms with Crippen LogP contribution in [0.5, 0.6) is 5.75 Å². The van der Waals surface area contributed by atoms with Crippen molar-refractivity contribution < 1.29 is 14.3 Å². The average Bonchev–Trinajstić information content (AvgIpc) is 2.39. The maximum Gasteiger partial charge on any atom is 0.322 e. The molecule has 0 aromatic heterocycles. The third kappa shape index (κ3) is 2.91. The van der Waals surface area contributed by atoms with Gasteiger partial charge in [0.2, 0.25) is 5.91 Å². The van der Waals surface area contributed by atoms with Gasteiger partial charge in [0.25, 0.3) is 0 Å². The van der Waals surface area contributed by atoms with Crippen LogP contribution in [0.4, 0.5) is 10.5 Å². The molecule has 1 aliphatic heterocycles. The summed E-state index contributed by atoms with van der Waals surface area (Å²) >= 11 is 0.